The number of H-pyrrole nitrogens is 1. The van der Waals surface area contributed by atoms with Gasteiger partial charge in [0.1, 0.15) is 6.61 Å². The SMILES string of the molecule is O=c1ccn(C2OC(F)(CO)CC2F)c(=O)[nH]1. The van der Waals surface area contributed by atoms with Crippen LogP contribution >= 0.6 is 0 Å². The maximum Gasteiger partial charge on any atom is 0.330 e. The molecule has 94 valence electrons. The second-order valence-corrected chi connectivity index (χ2v) is 3.79. The van der Waals surface area contributed by atoms with E-state index >= 15 is 0 Å². The minimum atomic E-state index is -2.50. The minimum absolute atomic E-state index is 0.645. The number of rotatable bonds is 2. The second kappa shape index (κ2) is 4.04. The van der Waals surface area contributed by atoms with Crippen molar-refractivity contribution in [2.75, 3.05) is 6.61 Å². The number of aromatic amines is 1. The number of nitrogens with zero attached hydrogens (tertiary/aromatic N) is 1. The van der Waals surface area contributed by atoms with E-state index in [-0.39, 0.29) is 0 Å². The second-order valence-electron chi connectivity index (χ2n) is 3.79. The Balaban J connectivity index is 2.35. The van der Waals surface area contributed by atoms with Crippen LogP contribution in [0.2, 0.25) is 0 Å². The Morgan fingerprint density at radius 2 is 2.35 bits per heavy atom. The van der Waals surface area contributed by atoms with Crippen molar-refractivity contribution in [1.29, 1.82) is 0 Å². The van der Waals surface area contributed by atoms with Crippen LogP contribution in [0.5, 0.6) is 0 Å². The molecule has 0 amide bonds. The quantitative estimate of drug-likeness (QED) is 0.735. The fourth-order valence-corrected chi connectivity index (χ4v) is 1.69. The third-order valence-electron chi connectivity index (χ3n) is 2.50. The van der Waals surface area contributed by atoms with Crippen molar-refractivity contribution < 1.29 is 18.6 Å². The molecule has 1 aliphatic rings. The molecule has 0 radical (unpaired) electrons. The lowest BCUT2D eigenvalue weighted by Crippen LogP contribution is -2.35. The van der Waals surface area contributed by atoms with Crippen LogP contribution in [0.4, 0.5) is 8.78 Å². The molecule has 8 heteroatoms. The van der Waals surface area contributed by atoms with E-state index in [0.29, 0.717) is 0 Å². The van der Waals surface area contributed by atoms with Gasteiger partial charge in [-0.25, -0.2) is 13.6 Å². The predicted molar refractivity (Wildman–Crippen MR) is 51.9 cm³/mol. The Bertz CT molecular complexity index is 528. The third-order valence-corrected chi connectivity index (χ3v) is 2.50. The Morgan fingerprint density at radius 1 is 1.65 bits per heavy atom. The van der Waals surface area contributed by atoms with Crippen LogP contribution in [-0.2, 0) is 4.74 Å². The van der Waals surface area contributed by atoms with E-state index in [2.05, 4.69) is 4.74 Å². The maximum absolute atomic E-state index is 13.5. The average Bonchev–Trinajstić information content (AvgIpc) is 2.55. The van der Waals surface area contributed by atoms with E-state index in [4.69, 9.17) is 5.11 Å². The highest BCUT2D eigenvalue weighted by Gasteiger charge is 2.48. The number of aliphatic hydroxyl groups is 1. The zero-order valence-corrected chi connectivity index (χ0v) is 8.60. The Labute approximate surface area is 93.5 Å². The lowest BCUT2D eigenvalue weighted by atomic mass is 10.2. The van der Waals surface area contributed by atoms with E-state index in [9.17, 15) is 18.4 Å². The van der Waals surface area contributed by atoms with Gasteiger partial charge >= 0.3 is 5.69 Å². The lowest BCUT2D eigenvalue weighted by molar-refractivity contribution is -0.179. The first kappa shape index (κ1) is 11.9. The fourth-order valence-electron chi connectivity index (χ4n) is 1.69. The molecule has 1 aromatic rings. The molecule has 2 rings (SSSR count). The summed E-state index contributed by atoms with van der Waals surface area (Å²) in [7, 11) is 0. The van der Waals surface area contributed by atoms with Gasteiger partial charge in [0, 0.05) is 18.7 Å². The van der Waals surface area contributed by atoms with E-state index in [1.165, 1.54) is 0 Å². The number of aromatic nitrogens is 2. The van der Waals surface area contributed by atoms with Crippen molar-refractivity contribution in [3.05, 3.63) is 33.1 Å². The number of alkyl halides is 2. The average molecular weight is 248 g/mol. The normalized spacial score (nSPS) is 32.9. The van der Waals surface area contributed by atoms with Crippen molar-refractivity contribution in [2.24, 2.45) is 0 Å². The van der Waals surface area contributed by atoms with Gasteiger partial charge in [-0.2, -0.15) is 0 Å². The molecule has 0 aromatic carbocycles. The molecule has 0 aliphatic carbocycles. The first-order chi connectivity index (χ1) is 7.95. The van der Waals surface area contributed by atoms with Crippen molar-refractivity contribution in [2.45, 2.75) is 24.7 Å². The number of hydrogen-bond acceptors (Lipinski definition) is 4. The molecule has 2 N–H and O–H groups in total. The van der Waals surface area contributed by atoms with Crippen LogP contribution in [0.15, 0.2) is 21.9 Å². The molecule has 17 heavy (non-hydrogen) atoms. The number of nitrogens with one attached hydrogen (secondary N) is 1. The molecule has 2 heterocycles. The van der Waals surface area contributed by atoms with Gasteiger partial charge in [-0.3, -0.25) is 14.3 Å². The molecule has 0 spiro atoms. The van der Waals surface area contributed by atoms with Crippen LogP contribution in [-0.4, -0.2) is 33.3 Å². The Morgan fingerprint density at radius 3 is 2.88 bits per heavy atom. The van der Waals surface area contributed by atoms with Crippen LogP contribution in [0.3, 0.4) is 0 Å². The maximum atomic E-state index is 13.5. The van der Waals surface area contributed by atoms with Crippen LogP contribution in [0.1, 0.15) is 12.6 Å². The number of aliphatic hydroxyl groups excluding tert-OH is 1. The smallest absolute Gasteiger partial charge is 0.330 e. The van der Waals surface area contributed by atoms with Crippen molar-refractivity contribution >= 4 is 0 Å². The van der Waals surface area contributed by atoms with Gasteiger partial charge in [-0.05, 0) is 0 Å². The van der Waals surface area contributed by atoms with Gasteiger partial charge in [0.2, 0.25) is 5.85 Å². The molecule has 1 aliphatic heterocycles. The van der Waals surface area contributed by atoms with E-state index in [0.717, 1.165) is 16.8 Å². The van der Waals surface area contributed by atoms with Gasteiger partial charge < -0.3 is 9.84 Å². The summed E-state index contributed by atoms with van der Waals surface area (Å²) in [5, 5.41) is 8.71. The summed E-state index contributed by atoms with van der Waals surface area (Å²) in [6.07, 6.45) is -2.92. The van der Waals surface area contributed by atoms with E-state index in [1.807, 2.05) is 4.98 Å². The summed E-state index contributed by atoms with van der Waals surface area (Å²) in [6.45, 7) is -0.998. The molecule has 1 fully saturated rings. The van der Waals surface area contributed by atoms with Crippen molar-refractivity contribution in [1.82, 2.24) is 9.55 Å². The molecular formula is C9H10F2N2O4. The summed E-state index contributed by atoms with van der Waals surface area (Å²) < 4.78 is 32.5. The third kappa shape index (κ3) is 2.13. The molecule has 1 saturated heterocycles. The highest BCUT2D eigenvalue weighted by atomic mass is 19.2. The zero-order valence-electron chi connectivity index (χ0n) is 8.60. The molecule has 3 unspecified atom stereocenters. The predicted octanol–water partition coefficient (Wildman–Crippen LogP) is -0.548. The van der Waals surface area contributed by atoms with Gasteiger partial charge in [0.25, 0.3) is 5.56 Å². The topological polar surface area (TPSA) is 84.3 Å². The molecule has 3 atom stereocenters. The summed E-state index contributed by atoms with van der Waals surface area (Å²) in [5.41, 5.74) is -1.54. The highest BCUT2D eigenvalue weighted by molar-refractivity contribution is 4.91. The summed E-state index contributed by atoms with van der Waals surface area (Å²) in [5.74, 6) is -2.50. The number of halogens is 2. The van der Waals surface area contributed by atoms with Crippen molar-refractivity contribution in [3.8, 4) is 0 Å². The zero-order chi connectivity index (χ0) is 12.6. The van der Waals surface area contributed by atoms with Crippen LogP contribution < -0.4 is 11.2 Å². The monoisotopic (exact) mass is 248 g/mol. The molecular weight excluding hydrogens is 238 g/mol. The first-order valence-electron chi connectivity index (χ1n) is 4.88. The van der Waals surface area contributed by atoms with Gasteiger partial charge in [-0.1, -0.05) is 0 Å². The molecule has 1 aromatic heterocycles. The van der Waals surface area contributed by atoms with Gasteiger partial charge in [0.05, 0.1) is 0 Å². The molecule has 0 bridgehead atoms. The minimum Gasteiger partial charge on any atom is -0.390 e. The first-order valence-corrected chi connectivity index (χ1v) is 4.88. The largest absolute Gasteiger partial charge is 0.390 e. The van der Waals surface area contributed by atoms with Gasteiger partial charge in [-0.15, -0.1) is 0 Å². The van der Waals surface area contributed by atoms with Crippen molar-refractivity contribution in [3.63, 3.8) is 0 Å². The number of hydrogen-bond donors (Lipinski definition) is 2. The van der Waals surface area contributed by atoms with Crippen LogP contribution in [0.25, 0.3) is 0 Å². The molecule has 0 saturated carbocycles. The lowest BCUT2D eigenvalue weighted by Gasteiger charge is -2.18. The van der Waals surface area contributed by atoms with Gasteiger partial charge in [0.15, 0.2) is 12.4 Å². The Kier molecular flexibility index (Phi) is 2.84. The summed E-state index contributed by atoms with van der Waals surface area (Å²) in [6, 6.07) is 0.995. The van der Waals surface area contributed by atoms with Crippen LogP contribution in [0, 0.1) is 0 Å². The fraction of sp³-hybridized carbons (Fsp3) is 0.556. The highest BCUT2D eigenvalue weighted by Crippen LogP contribution is 2.38. The standard InChI is InChI=1S/C9H10F2N2O4/c10-5-3-9(11,4-14)17-7(5)13-2-1-6(15)12-8(13)16/h1-2,5,7,14H,3-4H2,(H,12,15,16). The van der Waals surface area contributed by atoms with E-state index in [1.54, 1.807) is 0 Å². The van der Waals surface area contributed by atoms with E-state index < -0.39 is 42.5 Å². The molecule has 6 nitrogen and oxygen atoms in total. The summed E-state index contributed by atoms with van der Waals surface area (Å²) in [4.78, 5) is 24.1. The Hall–Kier alpha value is -1.54. The number of ether oxygens (including phenoxy) is 1. The summed E-state index contributed by atoms with van der Waals surface area (Å²) >= 11 is 0.